The Labute approximate surface area is 100 Å². The molecule has 0 fully saturated rings. The van der Waals surface area contributed by atoms with Crippen molar-refractivity contribution in [3.8, 4) is 0 Å². The Bertz CT molecular complexity index is 385. The summed E-state index contributed by atoms with van der Waals surface area (Å²) in [7, 11) is 0. The minimum Gasteiger partial charge on any atom is -0.375 e. The first-order valence-electron chi connectivity index (χ1n) is 5.37. The Morgan fingerprint density at radius 2 is 2.19 bits per heavy atom. The maximum Gasteiger partial charge on any atom is 0.263 e. The van der Waals surface area contributed by atoms with Crippen LogP contribution in [0.4, 0.5) is 5.13 Å². The summed E-state index contributed by atoms with van der Waals surface area (Å²) in [5.74, 6) is -0.0757. The molecule has 0 saturated carbocycles. The Kier molecular flexibility index (Phi) is 3.91. The zero-order valence-electron chi connectivity index (χ0n) is 10.3. The van der Waals surface area contributed by atoms with Crippen LogP contribution in [0, 0.1) is 12.3 Å². The molecule has 1 aromatic rings. The van der Waals surface area contributed by atoms with E-state index < -0.39 is 0 Å². The molecule has 1 rings (SSSR count). The summed E-state index contributed by atoms with van der Waals surface area (Å²) >= 11 is 1.24. The summed E-state index contributed by atoms with van der Waals surface area (Å²) < 4.78 is 0. The van der Waals surface area contributed by atoms with Crippen LogP contribution in [0.15, 0.2) is 0 Å². The number of nitrogen functional groups attached to an aromatic ring is 1. The van der Waals surface area contributed by atoms with Gasteiger partial charge in [-0.15, -0.1) is 0 Å². The highest BCUT2D eigenvalue weighted by molar-refractivity contribution is 7.17. The van der Waals surface area contributed by atoms with Gasteiger partial charge in [-0.1, -0.05) is 32.1 Å². The van der Waals surface area contributed by atoms with Crippen molar-refractivity contribution < 1.29 is 4.79 Å². The normalized spacial score (nSPS) is 11.5. The third kappa shape index (κ3) is 3.20. The van der Waals surface area contributed by atoms with Crippen LogP contribution in [0.3, 0.4) is 0 Å². The second-order valence-corrected chi connectivity index (χ2v) is 5.70. The number of anilines is 1. The lowest BCUT2D eigenvalue weighted by atomic mass is 9.90. The van der Waals surface area contributed by atoms with Crippen molar-refractivity contribution in [3.63, 3.8) is 0 Å². The van der Waals surface area contributed by atoms with Crippen LogP contribution in [0.25, 0.3) is 0 Å². The number of carbonyl (C=O) groups is 1. The van der Waals surface area contributed by atoms with Crippen molar-refractivity contribution in [3.05, 3.63) is 10.6 Å². The summed E-state index contributed by atoms with van der Waals surface area (Å²) in [6, 6.07) is 0. The van der Waals surface area contributed by atoms with Crippen LogP contribution in [0.1, 0.15) is 42.6 Å². The molecule has 1 amide bonds. The van der Waals surface area contributed by atoms with Gasteiger partial charge >= 0.3 is 0 Å². The number of carbonyl (C=O) groups excluding carboxylic acids is 1. The molecule has 3 N–H and O–H groups in total. The molecular weight excluding hydrogens is 222 g/mol. The highest BCUT2D eigenvalue weighted by Gasteiger charge is 2.19. The molecule has 5 heteroatoms. The quantitative estimate of drug-likeness (QED) is 0.849. The highest BCUT2D eigenvalue weighted by Crippen LogP contribution is 2.21. The van der Waals surface area contributed by atoms with Crippen LogP contribution >= 0.6 is 11.3 Å². The summed E-state index contributed by atoms with van der Waals surface area (Å²) in [6.45, 7) is 8.83. The largest absolute Gasteiger partial charge is 0.375 e. The van der Waals surface area contributed by atoms with Crippen molar-refractivity contribution >= 4 is 22.4 Å². The van der Waals surface area contributed by atoms with Gasteiger partial charge in [0.15, 0.2) is 5.13 Å². The van der Waals surface area contributed by atoms with Crippen LogP contribution in [0.2, 0.25) is 0 Å². The molecule has 0 bridgehead atoms. The molecule has 0 saturated heterocycles. The minimum absolute atomic E-state index is 0.0757. The molecule has 0 unspecified atom stereocenters. The lowest BCUT2D eigenvalue weighted by molar-refractivity contribution is 0.0939. The van der Waals surface area contributed by atoms with Crippen molar-refractivity contribution in [1.29, 1.82) is 0 Å². The fraction of sp³-hybridized carbons (Fsp3) is 0.636. The number of aryl methyl sites for hydroxylation is 1. The maximum absolute atomic E-state index is 11.8. The molecule has 0 atom stereocenters. The van der Waals surface area contributed by atoms with Crippen molar-refractivity contribution in [2.24, 2.45) is 5.41 Å². The Balaban J connectivity index is 2.63. The first-order chi connectivity index (χ1) is 7.35. The smallest absolute Gasteiger partial charge is 0.263 e. The number of aromatic nitrogens is 1. The number of thiazole rings is 1. The Hall–Kier alpha value is -1.10. The SMILES string of the molecule is CCC(C)(C)CNC(=O)c1sc(N)nc1C. The number of nitrogens with two attached hydrogens (primary N) is 1. The molecular formula is C11H19N3OS. The average Bonchev–Trinajstić information content (AvgIpc) is 2.54. The van der Waals surface area contributed by atoms with Gasteiger partial charge in [0.2, 0.25) is 0 Å². The van der Waals surface area contributed by atoms with E-state index >= 15 is 0 Å². The number of hydrogen-bond donors (Lipinski definition) is 2. The molecule has 0 aliphatic rings. The van der Waals surface area contributed by atoms with E-state index in [2.05, 4.69) is 31.1 Å². The highest BCUT2D eigenvalue weighted by atomic mass is 32.1. The monoisotopic (exact) mass is 241 g/mol. The first-order valence-corrected chi connectivity index (χ1v) is 6.18. The third-order valence-corrected chi connectivity index (χ3v) is 3.69. The van der Waals surface area contributed by atoms with E-state index in [9.17, 15) is 4.79 Å². The molecule has 16 heavy (non-hydrogen) atoms. The van der Waals surface area contributed by atoms with Gasteiger partial charge in [-0.3, -0.25) is 4.79 Å². The maximum atomic E-state index is 11.8. The summed E-state index contributed by atoms with van der Waals surface area (Å²) in [6.07, 6.45) is 1.02. The number of amides is 1. The van der Waals surface area contributed by atoms with Crippen LogP contribution in [-0.4, -0.2) is 17.4 Å². The first kappa shape index (κ1) is 13.0. The number of nitrogens with one attached hydrogen (secondary N) is 1. The lowest BCUT2D eigenvalue weighted by Gasteiger charge is -2.22. The lowest BCUT2D eigenvalue weighted by Crippen LogP contribution is -2.33. The van der Waals surface area contributed by atoms with Crippen LogP contribution in [0.5, 0.6) is 0 Å². The van der Waals surface area contributed by atoms with Gasteiger partial charge in [0, 0.05) is 6.54 Å². The average molecular weight is 241 g/mol. The molecule has 90 valence electrons. The molecule has 0 spiro atoms. The second-order valence-electron chi connectivity index (χ2n) is 4.67. The van der Waals surface area contributed by atoms with Gasteiger partial charge in [-0.2, -0.15) is 0 Å². The molecule has 0 radical (unpaired) electrons. The van der Waals surface area contributed by atoms with Gasteiger partial charge in [-0.25, -0.2) is 4.98 Å². The van der Waals surface area contributed by atoms with Gasteiger partial charge in [-0.05, 0) is 18.8 Å². The zero-order valence-corrected chi connectivity index (χ0v) is 11.1. The van der Waals surface area contributed by atoms with Crippen LogP contribution in [-0.2, 0) is 0 Å². The van der Waals surface area contributed by atoms with Crippen molar-refractivity contribution in [1.82, 2.24) is 10.3 Å². The minimum atomic E-state index is -0.0757. The summed E-state index contributed by atoms with van der Waals surface area (Å²) in [4.78, 5) is 16.5. The molecule has 1 heterocycles. The molecule has 0 aliphatic carbocycles. The van der Waals surface area contributed by atoms with E-state index in [4.69, 9.17) is 5.73 Å². The van der Waals surface area contributed by atoms with Crippen molar-refractivity contribution in [2.75, 3.05) is 12.3 Å². The van der Waals surface area contributed by atoms with Crippen LogP contribution < -0.4 is 11.1 Å². The third-order valence-electron chi connectivity index (χ3n) is 2.70. The fourth-order valence-corrected chi connectivity index (χ4v) is 1.90. The Morgan fingerprint density at radius 3 is 2.62 bits per heavy atom. The van der Waals surface area contributed by atoms with E-state index in [1.165, 1.54) is 11.3 Å². The second kappa shape index (κ2) is 4.82. The predicted molar refractivity (Wildman–Crippen MR) is 67.7 cm³/mol. The molecule has 4 nitrogen and oxygen atoms in total. The van der Waals surface area contributed by atoms with Gasteiger partial charge in [0.05, 0.1) is 5.69 Å². The molecule has 0 aliphatic heterocycles. The molecule has 0 aromatic carbocycles. The van der Waals surface area contributed by atoms with E-state index in [-0.39, 0.29) is 11.3 Å². The number of rotatable bonds is 4. The predicted octanol–water partition coefficient (Wildman–Crippen LogP) is 2.20. The van der Waals surface area contributed by atoms with E-state index in [0.717, 1.165) is 6.42 Å². The van der Waals surface area contributed by atoms with E-state index in [1.807, 2.05) is 0 Å². The Morgan fingerprint density at radius 1 is 1.56 bits per heavy atom. The summed E-state index contributed by atoms with van der Waals surface area (Å²) in [5.41, 5.74) is 6.38. The fourth-order valence-electron chi connectivity index (χ4n) is 1.15. The van der Waals surface area contributed by atoms with Gasteiger partial charge in [0.25, 0.3) is 5.91 Å². The molecule has 1 aromatic heterocycles. The zero-order chi connectivity index (χ0) is 12.3. The van der Waals surface area contributed by atoms with Crippen molar-refractivity contribution in [2.45, 2.75) is 34.1 Å². The number of hydrogen-bond acceptors (Lipinski definition) is 4. The standard InChI is InChI=1S/C11H19N3OS/c1-5-11(3,4)6-13-9(15)8-7(2)14-10(12)16-8/h5-6H2,1-4H3,(H2,12,14)(H,13,15). The van der Waals surface area contributed by atoms with Gasteiger partial charge < -0.3 is 11.1 Å². The topological polar surface area (TPSA) is 68.0 Å². The van der Waals surface area contributed by atoms with Gasteiger partial charge in [0.1, 0.15) is 4.88 Å². The number of nitrogens with zero attached hydrogens (tertiary/aromatic N) is 1. The van der Waals surface area contributed by atoms with E-state index in [0.29, 0.717) is 22.2 Å². The summed E-state index contributed by atoms with van der Waals surface area (Å²) in [5, 5.41) is 3.36. The van der Waals surface area contributed by atoms with E-state index in [1.54, 1.807) is 6.92 Å².